The fourth-order valence-corrected chi connectivity index (χ4v) is 2.94. The average molecular weight is 449 g/mol. The van der Waals surface area contributed by atoms with Gasteiger partial charge in [0.2, 0.25) is 5.95 Å². The summed E-state index contributed by atoms with van der Waals surface area (Å²) in [7, 11) is 0. The number of ether oxygens (including phenoxy) is 2. The normalized spacial score (nSPS) is 15.5. The summed E-state index contributed by atoms with van der Waals surface area (Å²) in [4.78, 5) is 22.5. The highest BCUT2D eigenvalue weighted by molar-refractivity contribution is 9.10. The fourth-order valence-electron chi connectivity index (χ4n) is 2.74. The van der Waals surface area contributed by atoms with Crippen molar-refractivity contribution in [1.29, 1.82) is 0 Å². The molecule has 1 aliphatic heterocycles. The van der Waals surface area contributed by atoms with Crippen molar-refractivity contribution >= 4 is 28.0 Å². The number of amides is 1. The van der Waals surface area contributed by atoms with E-state index < -0.39 is 11.7 Å². The molecule has 1 amide bonds. The summed E-state index contributed by atoms with van der Waals surface area (Å²) < 4.78 is 12.1. The maximum atomic E-state index is 11.9. The van der Waals surface area contributed by atoms with E-state index in [4.69, 9.17) is 9.47 Å². The molecule has 0 unspecified atom stereocenters. The van der Waals surface area contributed by atoms with E-state index in [0.29, 0.717) is 5.95 Å². The largest absolute Gasteiger partial charge is 0.487 e. The van der Waals surface area contributed by atoms with E-state index in [1.807, 2.05) is 52.0 Å². The minimum atomic E-state index is -0.514. The monoisotopic (exact) mass is 448 g/mol. The van der Waals surface area contributed by atoms with Gasteiger partial charge in [-0.3, -0.25) is 0 Å². The molecule has 150 valence electrons. The third kappa shape index (κ3) is 5.58. The number of alkyl carbamates (subject to hydrolysis) is 1. The van der Waals surface area contributed by atoms with Crippen LogP contribution in [0.2, 0.25) is 0 Å². The van der Waals surface area contributed by atoms with Crippen LogP contribution in [0, 0.1) is 0 Å². The van der Waals surface area contributed by atoms with E-state index in [2.05, 4.69) is 36.1 Å². The number of aromatic nitrogens is 2. The van der Waals surface area contributed by atoms with Crippen molar-refractivity contribution in [3.05, 3.63) is 46.7 Å². The predicted octanol–water partition coefficient (Wildman–Crippen LogP) is 4.09. The van der Waals surface area contributed by atoms with Gasteiger partial charge in [0.15, 0.2) is 0 Å². The second-order valence-electron chi connectivity index (χ2n) is 7.78. The van der Waals surface area contributed by atoms with Gasteiger partial charge in [0.25, 0.3) is 0 Å². The molecule has 7 nitrogen and oxygen atoms in total. The molecule has 1 aromatic carbocycles. The molecule has 3 rings (SSSR count). The van der Waals surface area contributed by atoms with Gasteiger partial charge in [-0.25, -0.2) is 14.8 Å². The molecular weight excluding hydrogens is 424 g/mol. The van der Waals surface area contributed by atoms with E-state index in [-0.39, 0.29) is 12.1 Å². The summed E-state index contributed by atoms with van der Waals surface area (Å²) in [5, 5.41) is 2.84. The number of rotatable bonds is 5. The van der Waals surface area contributed by atoms with Crippen LogP contribution in [0.4, 0.5) is 10.7 Å². The topological polar surface area (TPSA) is 76.6 Å². The van der Waals surface area contributed by atoms with Crippen molar-refractivity contribution in [3.8, 4) is 5.75 Å². The molecule has 2 aromatic rings. The molecule has 0 saturated carbocycles. The molecule has 1 aliphatic rings. The van der Waals surface area contributed by atoms with Gasteiger partial charge in [0, 0.05) is 12.4 Å². The first-order valence-electron chi connectivity index (χ1n) is 9.18. The van der Waals surface area contributed by atoms with E-state index in [1.165, 1.54) is 0 Å². The van der Waals surface area contributed by atoms with Crippen LogP contribution in [0.3, 0.4) is 0 Å². The Morgan fingerprint density at radius 2 is 1.82 bits per heavy atom. The Hall–Kier alpha value is -2.35. The number of carbonyl (C=O) groups excluding carboxylic acids is 1. The first-order chi connectivity index (χ1) is 13.2. The summed E-state index contributed by atoms with van der Waals surface area (Å²) in [6.45, 7) is 8.94. The SMILES string of the molecule is C[C@H](NC(=O)OC(C)(C)C)c1ccc(OC2CN(c3ncc(Br)cn3)C2)cc1. The standard InChI is InChI=1S/C20H25BrN4O3/c1-13(24-19(26)28-20(2,3)4)14-5-7-16(8-6-14)27-17-11-25(12-17)18-22-9-15(21)10-23-18/h5-10,13,17H,11-12H2,1-4H3,(H,24,26)/t13-/m0/s1. The highest BCUT2D eigenvalue weighted by Gasteiger charge is 2.30. The first-order valence-corrected chi connectivity index (χ1v) is 9.97. The maximum Gasteiger partial charge on any atom is 0.408 e. The minimum absolute atomic E-state index is 0.107. The van der Waals surface area contributed by atoms with Gasteiger partial charge in [0.05, 0.1) is 23.6 Å². The van der Waals surface area contributed by atoms with Gasteiger partial charge in [-0.2, -0.15) is 0 Å². The molecule has 2 heterocycles. The lowest BCUT2D eigenvalue weighted by Gasteiger charge is -2.38. The van der Waals surface area contributed by atoms with Crippen molar-refractivity contribution < 1.29 is 14.3 Å². The van der Waals surface area contributed by atoms with Gasteiger partial charge in [-0.15, -0.1) is 0 Å². The number of halogens is 1. The molecule has 28 heavy (non-hydrogen) atoms. The van der Waals surface area contributed by atoms with Crippen molar-refractivity contribution in [2.45, 2.75) is 45.4 Å². The minimum Gasteiger partial charge on any atom is -0.487 e. The highest BCUT2D eigenvalue weighted by atomic mass is 79.9. The molecule has 1 aromatic heterocycles. The molecule has 0 spiro atoms. The molecule has 1 saturated heterocycles. The molecule has 1 N–H and O–H groups in total. The van der Waals surface area contributed by atoms with Gasteiger partial charge in [0.1, 0.15) is 17.5 Å². The number of anilines is 1. The van der Waals surface area contributed by atoms with Gasteiger partial charge in [-0.05, 0) is 61.3 Å². The Balaban J connectivity index is 1.47. The van der Waals surface area contributed by atoms with Crippen LogP contribution >= 0.6 is 15.9 Å². The Morgan fingerprint density at radius 1 is 1.21 bits per heavy atom. The van der Waals surface area contributed by atoms with Crippen LogP contribution < -0.4 is 15.0 Å². The quantitative estimate of drug-likeness (QED) is 0.741. The predicted molar refractivity (Wildman–Crippen MR) is 111 cm³/mol. The van der Waals surface area contributed by atoms with E-state index >= 15 is 0 Å². The number of hydrogen-bond acceptors (Lipinski definition) is 6. The molecule has 8 heteroatoms. The lowest BCUT2D eigenvalue weighted by molar-refractivity contribution is 0.0508. The van der Waals surface area contributed by atoms with Crippen LogP contribution in [-0.4, -0.2) is 40.9 Å². The third-order valence-corrected chi connectivity index (χ3v) is 4.56. The Bertz CT molecular complexity index is 800. The molecule has 0 bridgehead atoms. The van der Waals surface area contributed by atoms with E-state index in [0.717, 1.165) is 28.9 Å². The van der Waals surface area contributed by atoms with Crippen molar-refractivity contribution in [3.63, 3.8) is 0 Å². The summed E-state index contributed by atoms with van der Waals surface area (Å²) in [6, 6.07) is 7.58. The Kier molecular flexibility index (Phi) is 6.07. The number of benzene rings is 1. The van der Waals surface area contributed by atoms with Gasteiger partial charge >= 0.3 is 6.09 Å². The van der Waals surface area contributed by atoms with Crippen LogP contribution in [0.1, 0.15) is 39.3 Å². The molecule has 0 radical (unpaired) electrons. The van der Waals surface area contributed by atoms with Gasteiger partial charge in [-0.1, -0.05) is 12.1 Å². The summed E-state index contributed by atoms with van der Waals surface area (Å²) >= 11 is 3.33. The number of carbonyl (C=O) groups is 1. The van der Waals surface area contributed by atoms with Crippen molar-refractivity contribution in [2.24, 2.45) is 0 Å². The molecule has 1 fully saturated rings. The third-order valence-electron chi connectivity index (χ3n) is 4.15. The van der Waals surface area contributed by atoms with Crippen molar-refractivity contribution in [2.75, 3.05) is 18.0 Å². The number of hydrogen-bond donors (Lipinski definition) is 1. The Labute approximate surface area is 173 Å². The molecular formula is C20H25BrN4O3. The lowest BCUT2D eigenvalue weighted by atomic mass is 10.1. The lowest BCUT2D eigenvalue weighted by Crippen LogP contribution is -2.54. The summed E-state index contributed by atoms with van der Waals surface area (Å²) in [6.07, 6.45) is 3.16. The zero-order chi connectivity index (χ0) is 20.3. The van der Waals surface area contributed by atoms with Crippen molar-refractivity contribution in [1.82, 2.24) is 15.3 Å². The highest BCUT2D eigenvalue weighted by Crippen LogP contribution is 2.23. The Morgan fingerprint density at radius 3 is 2.39 bits per heavy atom. The smallest absolute Gasteiger partial charge is 0.408 e. The van der Waals surface area contributed by atoms with E-state index in [9.17, 15) is 4.79 Å². The van der Waals surface area contributed by atoms with Gasteiger partial charge < -0.3 is 19.7 Å². The fraction of sp³-hybridized carbons (Fsp3) is 0.450. The van der Waals surface area contributed by atoms with Crippen LogP contribution in [0.25, 0.3) is 0 Å². The average Bonchev–Trinajstić information content (AvgIpc) is 2.57. The number of nitrogens with one attached hydrogen (secondary N) is 1. The second-order valence-corrected chi connectivity index (χ2v) is 8.70. The molecule has 0 aliphatic carbocycles. The summed E-state index contributed by atoms with van der Waals surface area (Å²) in [5.41, 5.74) is 0.469. The zero-order valence-corrected chi connectivity index (χ0v) is 18.1. The molecule has 1 atom stereocenters. The summed E-state index contributed by atoms with van der Waals surface area (Å²) in [5.74, 6) is 1.51. The number of nitrogens with zero attached hydrogens (tertiary/aromatic N) is 3. The second kappa shape index (κ2) is 8.34. The van der Waals surface area contributed by atoms with Crippen LogP contribution in [-0.2, 0) is 4.74 Å². The van der Waals surface area contributed by atoms with E-state index in [1.54, 1.807) is 12.4 Å². The first kappa shape index (κ1) is 20.4. The maximum absolute atomic E-state index is 11.9. The van der Waals surface area contributed by atoms with Crippen LogP contribution in [0.5, 0.6) is 5.75 Å². The van der Waals surface area contributed by atoms with Crippen LogP contribution in [0.15, 0.2) is 41.1 Å². The zero-order valence-electron chi connectivity index (χ0n) is 16.5.